The van der Waals surface area contributed by atoms with Crippen LogP contribution in [0.4, 0.5) is 5.69 Å². The second kappa shape index (κ2) is 10.1. The highest BCUT2D eigenvalue weighted by Gasteiger charge is 2.07. The highest BCUT2D eigenvalue weighted by atomic mass is 16.5. The second-order valence-corrected chi connectivity index (χ2v) is 6.63. The van der Waals surface area contributed by atoms with Gasteiger partial charge in [0.25, 0.3) is 5.91 Å². The van der Waals surface area contributed by atoms with E-state index in [4.69, 9.17) is 9.47 Å². The van der Waals surface area contributed by atoms with E-state index in [0.717, 1.165) is 10.8 Å². The number of methoxy groups -OCH3 is 1. The molecule has 0 unspecified atom stereocenters. The summed E-state index contributed by atoms with van der Waals surface area (Å²) in [4.78, 5) is 24.1. The van der Waals surface area contributed by atoms with E-state index in [2.05, 4.69) is 15.8 Å². The smallest absolute Gasteiger partial charge is 0.277 e. The van der Waals surface area contributed by atoms with Crippen molar-refractivity contribution in [3.8, 4) is 11.5 Å². The van der Waals surface area contributed by atoms with Crippen molar-refractivity contribution in [2.75, 3.05) is 19.0 Å². The molecule has 2 amide bonds. The number of anilines is 1. The van der Waals surface area contributed by atoms with Crippen molar-refractivity contribution >= 4 is 34.0 Å². The van der Waals surface area contributed by atoms with Gasteiger partial charge in [-0.3, -0.25) is 9.59 Å². The number of hydrazone groups is 1. The molecule has 0 radical (unpaired) electrons. The van der Waals surface area contributed by atoms with Crippen molar-refractivity contribution in [3.63, 3.8) is 0 Å². The molecule has 0 saturated carbocycles. The van der Waals surface area contributed by atoms with Crippen LogP contribution in [-0.2, 0) is 9.59 Å². The molecule has 154 valence electrons. The molecule has 3 aromatic carbocycles. The summed E-state index contributed by atoms with van der Waals surface area (Å²) in [6, 6.07) is 20.5. The maximum absolute atomic E-state index is 12.2. The van der Waals surface area contributed by atoms with Crippen molar-refractivity contribution in [1.29, 1.82) is 0 Å². The molecule has 3 rings (SSSR count). The third-order valence-electron chi connectivity index (χ3n) is 4.25. The van der Waals surface area contributed by atoms with Crippen molar-refractivity contribution in [2.24, 2.45) is 5.10 Å². The zero-order valence-electron chi connectivity index (χ0n) is 16.8. The fourth-order valence-electron chi connectivity index (χ4n) is 2.76. The number of carbonyl (C=O) groups is 2. The summed E-state index contributed by atoms with van der Waals surface area (Å²) >= 11 is 0. The first-order valence-electron chi connectivity index (χ1n) is 9.41. The Morgan fingerprint density at radius 2 is 1.60 bits per heavy atom. The van der Waals surface area contributed by atoms with Crippen LogP contribution in [0.3, 0.4) is 0 Å². The molecule has 0 heterocycles. The van der Waals surface area contributed by atoms with E-state index in [1.807, 2.05) is 42.5 Å². The molecule has 3 aromatic rings. The first-order valence-corrected chi connectivity index (χ1v) is 9.41. The van der Waals surface area contributed by atoms with Crippen LogP contribution in [0.1, 0.15) is 13.3 Å². The summed E-state index contributed by atoms with van der Waals surface area (Å²) in [5.74, 6) is 0.616. The van der Waals surface area contributed by atoms with Gasteiger partial charge in [0.05, 0.1) is 13.5 Å². The lowest BCUT2D eigenvalue weighted by molar-refractivity contribution is -0.123. The average Bonchev–Trinajstić information content (AvgIpc) is 2.76. The van der Waals surface area contributed by atoms with Gasteiger partial charge in [-0.05, 0) is 54.1 Å². The van der Waals surface area contributed by atoms with Crippen LogP contribution in [0.5, 0.6) is 11.5 Å². The third kappa shape index (κ3) is 6.07. The van der Waals surface area contributed by atoms with E-state index in [-0.39, 0.29) is 18.9 Å². The molecule has 0 aromatic heterocycles. The van der Waals surface area contributed by atoms with E-state index < -0.39 is 5.91 Å². The van der Waals surface area contributed by atoms with Crippen LogP contribution in [0.15, 0.2) is 71.8 Å². The Morgan fingerprint density at radius 1 is 0.900 bits per heavy atom. The van der Waals surface area contributed by atoms with Gasteiger partial charge in [0.15, 0.2) is 6.61 Å². The normalized spacial score (nSPS) is 11.1. The van der Waals surface area contributed by atoms with E-state index in [1.165, 1.54) is 0 Å². The first kappa shape index (κ1) is 20.9. The lowest BCUT2D eigenvalue weighted by Crippen LogP contribution is -2.26. The highest BCUT2D eigenvalue weighted by Crippen LogP contribution is 2.19. The molecular weight excluding hydrogens is 382 g/mol. The molecule has 0 fully saturated rings. The van der Waals surface area contributed by atoms with Crippen LogP contribution < -0.4 is 20.2 Å². The maximum Gasteiger partial charge on any atom is 0.277 e. The number of amides is 2. The zero-order chi connectivity index (χ0) is 21.3. The van der Waals surface area contributed by atoms with Gasteiger partial charge in [-0.2, -0.15) is 5.10 Å². The fourth-order valence-corrected chi connectivity index (χ4v) is 2.76. The van der Waals surface area contributed by atoms with Gasteiger partial charge in [0, 0.05) is 11.4 Å². The third-order valence-corrected chi connectivity index (χ3v) is 4.25. The Labute approximate surface area is 174 Å². The van der Waals surface area contributed by atoms with Gasteiger partial charge in [-0.25, -0.2) is 5.43 Å². The molecule has 2 N–H and O–H groups in total. The Hall–Kier alpha value is -3.87. The number of rotatable bonds is 8. The molecule has 0 aliphatic heterocycles. The lowest BCUT2D eigenvalue weighted by Gasteiger charge is -2.08. The molecule has 7 heteroatoms. The van der Waals surface area contributed by atoms with E-state index >= 15 is 0 Å². The van der Waals surface area contributed by atoms with Crippen LogP contribution in [-0.4, -0.2) is 31.2 Å². The van der Waals surface area contributed by atoms with Gasteiger partial charge < -0.3 is 14.8 Å². The number of hydrogen-bond donors (Lipinski definition) is 2. The highest BCUT2D eigenvalue weighted by molar-refractivity contribution is 6.06. The molecular formula is C23H23N3O4. The van der Waals surface area contributed by atoms with Gasteiger partial charge in [0.1, 0.15) is 11.5 Å². The Bertz CT molecular complexity index is 1060. The van der Waals surface area contributed by atoms with Crippen LogP contribution in [0.2, 0.25) is 0 Å². The molecule has 30 heavy (non-hydrogen) atoms. The summed E-state index contributed by atoms with van der Waals surface area (Å²) in [5.41, 5.74) is 3.58. The average molecular weight is 405 g/mol. The number of nitrogens with zero attached hydrogens (tertiary/aromatic N) is 1. The summed E-state index contributed by atoms with van der Waals surface area (Å²) in [5, 5.41) is 8.94. The predicted molar refractivity (Wildman–Crippen MR) is 117 cm³/mol. The second-order valence-electron chi connectivity index (χ2n) is 6.63. The Kier molecular flexibility index (Phi) is 7.00. The van der Waals surface area contributed by atoms with Crippen molar-refractivity contribution < 1.29 is 19.1 Å². The number of fused-ring (bicyclic) bond motifs is 1. The standard InChI is InChI=1S/C23H23N3O4/c1-16(25-26-23(28)15-30-21-11-9-20(29-2)10-12-21)13-22(27)24-19-8-7-17-5-3-4-6-18(17)14-19/h3-12,14H,13,15H2,1-2H3,(H,24,27)(H,26,28)/b25-16-. The molecule has 0 aliphatic rings. The minimum Gasteiger partial charge on any atom is -0.497 e. The SMILES string of the molecule is COc1ccc(OCC(=O)N/N=C(/C)CC(=O)Nc2ccc3ccccc3c2)cc1. The molecule has 0 bridgehead atoms. The fraction of sp³-hybridized carbons (Fsp3) is 0.174. The molecule has 7 nitrogen and oxygen atoms in total. The molecule has 0 spiro atoms. The van der Waals surface area contributed by atoms with Crippen LogP contribution in [0, 0.1) is 0 Å². The summed E-state index contributed by atoms with van der Waals surface area (Å²) in [6.45, 7) is 1.48. The van der Waals surface area contributed by atoms with Gasteiger partial charge >= 0.3 is 0 Å². The van der Waals surface area contributed by atoms with Gasteiger partial charge in [-0.15, -0.1) is 0 Å². The number of benzene rings is 3. The Balaban J connectivity index is 1.44. The quantitative estimate of drug-likeness (QED) is 0.441. The van der Waals surface area contributed by atoms with Crippen molar-refractivity contribution in [3.05, 3.63) is 66.7 Å². The largest absolute Gasteiger partial charge is 0.497 e. The van der Waals surface area contributed by atoms with Gasteiger partial charge in [0.2, 0.25) is 5.91 Å². The maximum atomic E-state index is 12.2. The predicted octanol–water partition coefficient (Wildman–Crippen LogP) is 3.75. The molecule has 0 atom stereocenters. The number of carbonyl (C=O) groups excluding carboxylic acids is 2. The monoisotopic (exact) mass is 405 g/mol. The number of nitrogens with one attached hydrogen (secondary N) is 2. The van der Waals surface area contributed by atoms with Crippen LogP contribution >= 0.6 is 0 Å². The minimum absolute atomic E-state index is 0.0619. The van der Waals surface area contributed by atoms with E-state index in [9.17, 15) is 9.59 Å². The summed E-state index contributed by atoms with van der Waals surface area (Å²) in [6.07, 6.45) is 0.0619. The topological polar surface area (TPSA) is 89.0 Å². The summed E-state index contributed by atoms with van der Waals surface area (Å²) < 4.78 is 10.4. The van der Waals surface area contributed by atoms with E-state index in [0.29, 0.717) is 22.9 Å². The molecule has 0 saturated heterocycles. The van der Waals surface area contributed by atoms with Gasteiger partial charge in [-0.1, -0.05) is 30.3 Å². The first-order chi connectivity index (χ1) is 14.5. The van der Waals surface area contributed by atoms with Crippen molar-refractivity contribution in [2.45, 2.75) is 13.3 Å². The number of hydrogen-bond acceptors (Lipinski definition) is 5. The van der Waals surface area contributed by atoms with E-state index in [1.54, 1.807) is 38.3 Å². The number of ether oxygens (including phenoxy) is 2. The lowest BCUT2D eigenvalue weighted by atomic mass is 10.1. The minimum atomic E-state index is -0.417. The summed E-state index contributed by atoms with van der Waals surface area (Å²) in [7, 11) is 1.58. The Morgan fingerprint density at radius 3 is 2.33 bits per heavy atom. The van der Waals surface area contributed by atoms with Crippen LogP contribution in [0.25, 0.3) is 10.8 Å². The van der Waals surface area contributed by atoms with Crippen molar-refractivity contribution in [1.82, 2.24) is 5.43 Å². The molecule has 0 aliphatic carbocycles. The zero-order valence-corrected chi connectivity index (χ0v) is 16.8.